The smallest absolute Gasteiger partial charge is 0.232 e. The number of hydrogen-bond donors (Lipinski definition) is 1. The minimum atomic E-state index is 0.249. The molecule has 1 aromatic rings. The highest BCUT2D eigenvalue weighted by Crippen LogP contribution is 2.09. The fourth-order valence-electron chi connectivity index (χ4n) is 1.32. The summed E-state index contributed by atoms with van der Waals surface area (Å²) in [5.41, 5.74) is 5.93. The van der Waals surface area contributed by atoms with Gasteiger partial charge in [-0.2, -0.15) is 0 Å². The second-order valence-electron chi connectivity index (χ2n) is 3.81. The van der Waals surface area contributed by atoms with Gasteiger partial charge in [0.25, 0.3) is 0 Å². The Labute approximate surface area is 101 Å². The van der Waals surface area contributed by atoms with E-state index in [0.717, 1.165) is 12.8 Å². The minimum absolute atomic E-state index is 0.249. The Morgan fingerprint density at radius 2 is 2.25 bits per heavy atom. The lowest BCUT2D eigenvalue weighted by Gasteiger charge is -2.10. The van der Waals surface area contributed by atoms with Gasteiger partial charge in [0.2, 0.25) is 5.88 Å². The summed E-state index contributed by atoms with van der Waals surface area (Å²) in [6.45, 7) is 4.97. The maximum Gasteiger partial charge on any atom is 0.232 e. The molecule has 0 aliphatic carbocycles. The zero-order valence-electron chi connectivity index (χ0n) is 9.64. The summed E-state index contributed by atoms with van der Waals surface area (Å²) in [5, 5.41) is 0. The average molecular weight is 239 g/mol. The number of ether oxygens (including phenoxy) is 1. The lowest BCUT2D eigenvalue weighted by molar-refractivity contribution is 0.242. The van der Waals surface area contributed by atoms with Crippen molar-refractivity contribution in [3.05, 3.63) is 18.1 Å². The summed E-state index contributed by atoms with van der Waals surface area (Å²) in [6.07, 6.45) is 5.39. The summed E-state index contributed by atoms with van der Waals surface area (Å²) in [6, 6.07) is 0. The van der Waals surface area contributed by atoms with Gasteiger partial charge in [-0.15, -0.1) is 0 Å². The Bertz CT molecular complexity index is 340. The first-order chi connectivity index (χ1) is 7.63. The Balaban J connectivity index is 2.46. The third-order valence-corrected chi connectivity index (χ3v) is 2.39. The number of aromatic nitrogens is 2. The quantitative estimate of drug-likeness (QED) is 0.769. The number of rotatable bonds is 6. The van der Waals surface area contributed by atoms with Gasteiger partial charge in [-0.05, 0) is 12.3 Å². The summed E-state index contributed by atoms with van der Waals surface area (Å²) < 4.78 is 5.50. The molecule has 0 aliphatic heterocycles. The molecule has 0 saturated carbocycles. The van der Waals surface area contributed by atoms with Crippen molar-refractivity contribution in [1.82, 2.24) is 9.97 Å². The molecule has 1 unspecified atom stereocenters. The molecular weight excluding hydrogens is 222 g/mol. The molecule has 0 fully saturated rings. The van der Waals surface area contributed by atoms with Crippen LogP contribution >= 0.6 is 12.2 Å². The van der Waals surface area contributed by atoms with Crippen molar-refractivity contribution in [3.63, 3.8) is 0 Å². The van der Waals surface area contributed by atoms with Crippen molar-refractivity contribution in [2.75, 3.05) is 6.61 Å². The van der Waals surface area contributed by atoms with Crippen LogP contribution in [0.2, 0.25) is 0 Å². The van der Waals surface area contributed by atoms with Crippen molar-refractivity contribution < 1.29 is 4.74 Å². The standard InChI is InChI=1S/C11H17N3OS/c1-3-4-8(2)7-15-10-6-13-9(5-14-10)11(12)16/h5-6,8H,3-4,7H2,1-2H3,(H2,12,16). The van der Waals surface area contributed by atoms with Crippen molar-refractivity contribution in [2.24, 2.45) is 11.7 Å². The summed E-state index contributed by atoms with van der Waals surface area (Å²) >= 11 is 4.78. The van der Waals surface area contributed by atoms with E-state index in [1.54, 1.807) is 6.20 Å². The molecule has 0 amide bonds. The largest absolute Gasteiger partial charge is 0.476 e. The van der Waals surface area contributed by atoms with Crippen LogP contribution in [0.3, 0.4) is 0 Å². The monoisotopic (exact) mass is 239 g/mol. The fraction of sp³-hybridized carbons (Fsp3) is 0.545. The van der Waals surface area contributed by atoms with Gasteiger partial charge < -0.3 is 10.5 Å². The molecule has 0 bridgehead atoms. The Morgan fingerprint density at radius 1 is 1.50 bits per heavy atom. The van der Waals surface area contributed by atoms with Crippen LogP contribution < -0.4 is 10.5 Å². The van der Waals surface area contributed by atoms with E-state index in [1.165, 1.54) is 6.20 Å². The third-order valence-electron chi connectivity index (χ3n) is 2.18. The van der Waals surface area contributed by atoms with Gasteiger partial charge in [-0.1, -0.05) is 32.5 Å². The van der Waals surface area contributed by atoms with Gasteiger partial charge >= 0.3 is 0 Å². The first kappa shape index (κ1) is 12.8. The normalized spacial score (nSPS) is 12.1. The molecule has 4 nitrogen and oxygen atoms in total. The highest BCUT2D eigenvalue weighted by Gasteiger charge is 2.04. The molecule has 1 rings (SSSR count). The van der Waals surface area contributed by atoms with Crippen LogP contribution in [0, 0.1) is 5.92 Å². The average Bonchev–Trinajstić information content (AvgIpc) is 2.27. The van der Waals surface area contributed by atoms with E-state index >= 15 is 0 Å². The highest BCUT2D eigenvalue weighted by atomic mass is 32.1. The van der Waals surface area contributed by atoms with E-state index in [4.69, 9.17) is 22.7 Å². The van der Waals surface area contributed by atoms with Crippen molar-refractivity contribution in [1.29, 1.82) is 0 Å². The van der Waals surface area contributed by atoms with Crippen molar-refractivity contribution in [3.8, 4) is 5.88 Å². The molecule has 5 heteroatoms. The lowest BCUT2D eigenvalue weighted by atomic mass is 10.1. The molecular formula is C11H17N3OS. The summed E-state index contributed by atoms with van der Waals surface area (Å²) in [4.78, 5) is 8.38. The van der Waals surface area contributed by atoms with Crippen molar-refractivity contribution >= 4 is 17.2 Å². The van der Waals surface area contributed by atoms with Crippen LogP contribution in [0.1, 0.15) is 32.4 Å². The van der Waals surface area contributed by atoms with Crippen LogP contribution in [0.4, 0.5) is 0 Å². The first-order valence-corrected chi connectivity index (χ1v) is 5.79. The van der Waals surface area contributed by atoms with E-state index in [0.29, 0.717) is 24.1 Å². The molecule has 0 saturated heterocycles. The van der Waals surface area contributed by atoms with Crippen LogP contribution in [0.15, 0.2) is 12.4 Å². The van der Waals surface area contributed by atoms with Gasteiger partial charge in [-0.3, -0.25) is 0 Å². The first-order valence-electron chi connectivity index (χ1n) is 5.38. The van der Waals surface area contributed by atoms with Gasteiger partial charge in [0.1, 0.15) is 10.7 Å². The van der Waals surface area contributed by atoms with E-state index in [9.17, 15) is 0 Å². The fourth-order valence-corrected chi connectivity index (χ4v) is 1.43. The summed E-state index contributed by atoms with van der Waals surface area (Å²) in [5.74, 6) is 1.05. The van der Waals surface area contributed by atoms with Crippen LogP contribution in [0.5, 0.6) is 5.88 Å². The molecule has 1 atom stereocenters. The van der Waals surface area contributed by atoms with E-state index in [2.05, 4.69) is 23.8 Å². The predicted octanol–water partition coefficient (Wildman–Crippen LogP) is 1.93. The van der Waals surface area contributed by atoms with E-state index in [-0.39, 0.29) is 4.99 Å². The van der Waals surface area contributed by atoms with Gasteiger partial charge in [0.05, 0.1) is 19.0 Å². The number of thiocarbonyl (C=S) groups is 1. The zero-order valence-corrected chi connectivity index (χ0v) is 10.5. The Morgan fingerprint density at radius 3 is 2.75 bits per heavy atom. The molecule has 16 heavy (non-hydrogen) atoms. The lowest BCUT2D eigenvalue weighted by Crippen LogP contribution is -2.13. The molecule has 0 spiro atoms. The zero-order chi connectivity index (χ0) is 12.0. The number of nitrogens with two attached hydrogens (primary N) is 1. The molecule has 0 radical (unpaired) electrons. The van der Waals surface area contributed by atoms with E-state index in [1.807, 2.05) is 0 Å². The van der Waals surface area contributed by atoms with Gasteiger partial charge in [-0.25, -0.2) is 9.97 Å². The SMILES string of the molecule is CCCC(C)COc1cnc(C(N)=S)cn1. The van der Waals surface area contributed by atoms with E-state index < -0.39 is 0 Å². The van der Waals surface area contributed by atoms with Gasteiger partial charge in [0, 0.05) is 0 Å². The molecule has 1 heterocycles. The summed E-state index contributed by atoms with van der Waals surface area (Å²) in [7, 11) is 0. The molecule has 2 N–H and O–H groups in total. The second-order valence-corrected chi connectivity index (χ2v) is 4.25. The Kier molecular flexibility index (Phi) is 5.11. The highest BCUT2D eigenvalue weighted by molar-refractivity contribution is 7.80. The minimum Gasteiger partial charge on any atom is -0.476 e. The predicted molar refractivity (Wildman–Crippen MR) is 67.5 cm³/mol. The number of hydrogen-bond acceptors (Lipinski definition) is 4. The molecule has 1 aromatic heterocycles. The molecule has 0 aromatic carbocycles. The maximum absolute atomic E-state index is 5.50. The van der Waals surface area contributed by atoms with Crippen LogP contribution in [-0.4, -0.2) is 21.6 Å². The second kappa shape index (κ2) is 6.37. The molecule has 0 aliphatic rings. The van der Waals surface area contributed by atoms with Crippen LogP contribution in [-0.2, 0) is 0 Å². The van der Waals surface area contributed by atoms with Crippen molar-refractivity contribution in [2.45, 2.75) is 26.7 Å². The topological polar surface area (TPSA) is 61.0 Å². The van der Waals surface area contributed by atoms with Crippen LogP contribution in [0.25, 0.3) is 0 Å². The number of nitrogens with zero attached hydrogens (tertiary/aromatic N) is 2. The Hall–Kier alpha value is -1.23. The maximum atomic E-state index is 5.50. The van der Waals surface area contributed by atoms with Gasteiger partial charge in [0.15, 0.2) is 0 Å². The molecule has 88 valence electrons. The third kappa shape index (κ3) is 4.10.